The highest BCUT2D eigenvalue weighted by atomic mass is 32.1. The molecule has 1 fully saturated rings. The maximum atomic E-state index is 12.4. The maximum Gasteiger partial charge on any atom is 0.319 e. The van der Waals surface area contributed by atoms with Crippen LogP contribution in [0.1, 0.15) is 17.8 Å². The lowest BCUT2D eigenvalue weighted by molar-refractivity contribution is 0.246. The maximum absolute atomic E-state index is 12.4. The number of anilines is 2. The number of urea groups is 1. The minimum Gasteiger partial charge on any atom is -0.353 e. The van der Waals surface area contributed by atoms with E-state index in [1.54, 1.807) is 29.9 Å². The summed E-state index contributed by atoms with van der Waals surface area (Å²) in [5.41, 5.74) is 1.74. The molecule has 1 aliphatic heterocycles. The van der Waals surface area contributed by atoms with E-state index in [1.165, 1.54) is 0 Å². The van der Waals surface area contributed by atoms with E-state index in [0.29, 0.717) is 0 Å². The van der Waals surface area contributed by atoms with Crippen molar-refractivity contribution < 1.29 is 4.79 Å². The van der Waals surface area contributed by atoms with Gasteiger partial charge in [0.1, 0.15) is 5.82 Å². The normalized spacial score (nSPS) is 17.3. The number of carbonyl (C=O) groups is 1. The van der Waals surface area contributed by atoms with Crippen molar-refractivity contribution in [3.63, 3.8) is 0 Å². The smallest absolute Gasteiger partial charge is 0.319 e. The standard InChI is InChI=1S/C18H20N6OS/c1-12-21-15-5-4-13(9-16(15)26-12)22-18(25)23-14-3-2-8-24(11-14)17-10-19-6-7-20-17/h4-7,9-10,14H,2-3,8,11H2,1H3,(H2,22,23,25). The molecule has 0 spiro atoms. The minimum absolute atomic E-state index is 0.0835. The largest absolute Gasteiger partial charge is 0.353 e. The Morgan fingerprint density at radius 2 is 2.27 bits per heavy atom. The topological polar surface area (TPSA) is 83.0 Å². The molecule has 3 aromatic rings. The van der Waals surface area contributed by atoms with Gasteiger partial charge in [-0.3, -0.25) is 4.98 Å². The molecule has 26 heavy (non-hydrogen) atoms. The van der Waals surface area contributed by atoms with Gasteiger partial charge in [-0.15, -0.1) is 11.3 Å². The predicted molar refractivity (Wildman–Crippen MR) is 104 cm³/mol. The quantitative estimate of drug-likeness (QED) is 0.742. The van der Waals surface area contributed by atoms with Crippen molar-refractivity contribution in [3.8, 4) is 0 Å². The summed E-state index contributed by atoms with van der Waals surface area (Å²) in [7, 11) is 0. The molecule has 134 valence electrons. The van der Waals surface area contributed by atoms with Gasteiger partial charge >= 0.3 is 6.03 Å². The Hall–Kier alpha value is -2.74. The highest BCUT2D eigenvalue weighted by Gasteiger charge is 2.22. The van der Waals surface area contributed by atoms with E-state index in [2.05, 4.69) is 30.5 Å². The van der Waals surface area contributed by atoms with Crippen LogP contribution >= 0.6 is 11.3 Å². The summed E-state index contributed by atoms with van der Waals surface area (Å²) in [5.74, 6) is 0.852. The number of hydrogen-bond donors (Lipinski definition) is 2. The summed E-state index contributed by atoms with van der Waals surface area (Å²) in [6, 6.07) is 5.68. The molecule has 1 saturated heterocycles. The fourth-order valence-electron chi connectivity index (χ4n) is 3.23. The van der Waals surface area contributed by atoms with Gasteiger partial charge in [0.15, 0.2) is 0 Å². The molecule has 0 bridgehead atoms. The number of aryl methyl sites for hydroxylation is 1. The second kappa shape index (κ2) is 7.25. The third-order valence-electron chi connectivity index (χ3n) is 4.38. The van der Waals surface area contributed by atoms with Crippen LogP contribution in [0.4, 0.5) is 16.3 Å². The Balaban J connectivity index is 1.37. The summed E-state index contributed by atoms with van der Waals surface area (Å²) in [4.78, 5) is 27.4. The number of nitrogens with zero attached hydrogens (tertiary/aromatic N) is 4. The average Bonchev–Trinajstić information content (AvgIpc) is 3.02. The Kier molecular flexibility index (Phi) is 4.66. The molecule has 2 N–H and O–H groups in total. The Bertz CT molecular complexity index is 912. The molecule has 3 heterocycles. The van der Waals surface area contributed by atoms with Gasteiger partial charge in [-0.05, 0) is 38.0 Å². The molecular formula is C18H20N6OS. The van der Waals surface area contributed by atoms with Crippen molar-refractivity contribution in [2.45, 2.75) is 25.8 Å². The Morgan fingerprint density at radius 3 is 3.12 bits per heavy atom. The minimum atomic E-state index is -0.184. The number of thiazole rings is 1. The van der Waals surface area contributed by atoms with E-state index < -0.39 is 0 Å². The zero-order valence-corrected chi connectivity index (χ0v) is 15.3. The summed E-state index contributed by atoms with van der Waals surface area (Å²) in [6.45, 7) is 3.65. The lowest BCUT2D eigenvalue weighted by atomic mass is 10.1. The van der Waals surface area contributed by atoms with Crippen LogP contribution in [0.25, 0.3) is 10.2 Å². The van der Waals surface area contributed by atoms with Crippen molar-refractivity contribution in [1.29, 1.82) is 0 Å². The van der Waals surface area contributed by atoms with Crippen LogP contribution < -0.4 is 15.5 Å². The van der Waals surface area contributed by atoms with E-state index >= 15 is 0 Å². The molecular weight excluding hydrogens is 348 g/mol. The molecule has 1 aliphatic rings. The number of benzene rings is 1. The van der Waals surface area contributed by atoms with Crippen molar-refractivity contribution in [2.75, 3.05) is 23.3 Å². The first kappa shape index (κ1) is 16.7. The van der Waals surface area contributed by atoms with Gasteiger partial charge in [-0.25, -0.2) is 14.8 Å². The highest BCUT2D eigenvalue weighted by Crippen LogP contribution is 2.24. The van der Waals surface area contributed by atoms with Crippen LogP contribution in [0, 0.1) is 6.92 Å². The van der Waals surface area contributed by atoms with Crippen molar-refractivity contribution >= 4 is 39.1 Å². The first-order valence-corrected chi connectivity index (χ1v) is 9.45. The molecule has 0 aliphatic carbocycles. The van der Waals surface area contributed by atoms with Crippen LogP contribution in [0.3, 0.4) is 0 Å². The molecule has 8 heteroatoms. The number of nitrogens with one attached hydrogen (secondary N) is 2. The first-order chi connectivity index (χ1) is 12.7. The second-order valence-electron chi connectivity index (χ2n) is 6.36. The third-order valence-corrected chi connectivity index (χ3v) is 5.32. The van der Waals surface area contributed by atoms with E-state index in [-0.39, 0.29) is 12.1 Å². The molecule has 4 rings (SSSR count). The number of amides is 2. The number of rotatable bonds is 3. The van der Waals surface area contributed by atoms with E-state index in [9.17, 15) is 4.79 Å². The van der Waals surface area contributed by atoms with E-state index in [4.69, 9.17) is 0 Å². The van der Waals surface area contributed by atoms with Gasteiger partial charge in [0.05, 0.1) is 21.4 Å². The van der Waals surface area contributed by atoms with Gasteiger partial charge in [0, 0.05) is 37.2 Å². The monoisotopic (exact) mass is 368 g/mol. The lowest BCUT2D eigenvalue weighted by Crippen LogP contribution is -2.49. The summed E-state index contributed by atoms with van der Waals surface area (Å²) >= 11 is 1.62. The SMILES string of the molecule is Cc1nc2ccc(NC(=O)NC3CCCN(c4cnccn4)C3)cc2s1. The molecule has 2 amide bonds. The number of piperidine rings is 1. The van der Waals surface area contributed by atoms with Gasteiger partial charge < -0.3 is 15.5 Å². The van der Waals surface area contributed by atoms with Gasteiger partial charge in [0.25, 0.3) is 0 Å². The first-order valence-electron chi connectivity index (χ1n) is 8.63. The number of hydrogen-bond acceptors (Lipinski definition) is 6. The molecule has 1 aromatic carbocycles. The Labute approximate surface area is 155 Å². The van der Waals surface area contributed by atoms with Crippen molar-refractivity contribution in [3.05, 3.63) is 41.8 Å². The molecule has 2 aromatic heterocycles. The molecule has 0 saturated carbocycles. The molecule has 0 radical (unpaired) electrons. The summed E-state index contributed by atoms with van der Waals surface area (Å²) in [5, 5.41) is 7.02. The van der Waals surface area contributed by atoms with Gasteiger partial charge in [-0.2, -0.15) is 0 Å². The number of fused-ring (bicyclic) bond motifs is 1. The lowest BCUT2D eigenvalue weighted by Gasteiger charge is -2.33. The number of aromatic nitrogens is 3. The van der Waals surface area contributed by atoms with Gasteiger partial charge in [-0.1, -0.05) is 0 Å². The van der Waals surface area contributed by atoms with Gasteiger partial charge in [0.2, 0.25) is 0 Å². The highest BCUT2D eigenvalue weighted by molar-refractivity contribution is 7.18. The van der Waals surface area contributed by atoms with Crippen molar-refractivity contribution in [2.24, 2.45) is 0 Å². The average molecular weight is 368 g/mol. The number of carbonyl (C=O) groups excluding carboxylic acids is 1. The fourth-order valence-corrected chi connectivity index (χ4v) is 4.09. The summed E-state index contributed by atoms with van der Waals surface area (Å²) < 4.78 is 1.08. The van der Waals surface area contributed by atoms with Crippen LogP contribution in [0.2, 0.25) is 0 Å². The third kappa shape index (κ3) is 3.75. The summed E-state index contributed by atoms with van der Waals surface area (Å²) in [6.07, 6.45) is 7.08. The predicted octanol–water partition coefficient (Wildman–Crippen LogP) is 3.19. The van der Waals surface area contributed by atoms with Crippen LogP contribution in [0.5, 0.6) is 0 Å². The molecule has 1 atom stereocenters. The fraction of sp³-hybridized carbons (Fsp3) is 0.333. The van der Waals surface area contributed by atoms with Crippen LogP contribution in [-0.4, -0.2) is 40.1 Å². The van der Waals surface area contributed by atoms with E-state index in [1.807, 2.05) is 25.1 Å². The Morgan fingerprint density at radius 1 is 1.35 bits per heavy atom. The molecule has 7 nitrogen and oxygen atoms in total. The van der Waals surface area contributed by atoms with Crippen LogP contribution in [-0.2, 0) is 0 Å². The van der Waals surface area contributed by atoms with Crippen molar-refractivity contribution in [1.82, 2.24) is 20.3 Å². The molecule has 1 unspecified atom stereocenters. The zero-order valence-electron chi connectivity index (χ0n) is 14.5. The van der Waals surface area contributed by atoms with Crippen LogP contribution in [0.15, 0.2) is 36.8 Å². The zero-order chi connectivity index (χ0) is 17.9. The second-order valence-corrected chi connectivity index (χ2v) is 7.60. The van der Waals surface area contributed by atoms with E-state index in [0.717, 1.165) is 52.7 Å².